The van der Waals surface area contributed by atoms with E-state index >= 15 is 0 Å². The Hall–Kier alpha value is -0.120. The van der Waals surface area contributed by atoms with Crippen molar-refractivity contribution in [3.63, 3.8) is 0 Å². The lowest BCUT2D eigenvalue weighted by atomic mass is 10.1. The van der Waals surface area contributed by atoms with Crippen LogP contribution in [-0.4, -0.2) is 31.8 Å². The zero-order valence-corrected chi connectivity index (χ0v) is 8.90. The molecule has 3 nitrogen and oxygen atoms in total. The minimum atomic E-state index is 0.477. The van der Waals surface area contributed by atoms with Crippen LogP contribution in [0.15, 0.2) is 0 Å². The van der Waals surface area contributed by atoms with Gasteiger partial charge in [-0.1, -0.05) is 20.3 Å². The minimum Gasteiger partial charge on any atom is -0.313 e. The number of hydrogen-bond donors (Lipinski definition) is 3. The van der Waals surface area contributed by atoms with Gasteiger partial charge in [0.05, 0.1) is 6.17 Å². The Kier molecular flexibility index (Phi) is 5.35. The molecule has 13 heavy (non-hydrogen) atoms. The van der Waals surface area contributed by atoms with Crippen LogP contribution in [0.1, 0.15) is 33.1 Å². The molecule has 0 aromatic carbocycles. The number of hydrogen-bond acceptors (Lipinski definition) is 3. The molecular weight excluding hydrogens is 162 g/mol. The lowest BCUT2D eigenvalue weighted by Gasteiger charge is -2.29. The summed E-state index contributed by atoms with van der Waals surface area (Å²) in [4.78, 5) is 0. The number of piperazine rings is 1. The van der Waals surface area contributed by atoms with Crippen molar-refractivity contribution in [2.24, 2.45) is 0 Å². The zero-order chi connectivity index (χ0) is 9.52. The average Bonchev–Trinajstić information content (AvgIpc) is 2.19. The maximum Gasteiger partial charge on any atom is 0.0703 e. The molecular formula is C10H23N3. The molecule has 1 aliphatic rings. The van der Waals surface area contributed by atoms with Crippen molar-refractivity contribution in [2.45, 2.75) is 45.3 Å². The summed E-state index contributed by atoms with van der Waals surface area (Å²) in [6.07, 6.45) is 4.26. The molecule has 0 amide bonds. The standard InChI is InChI=1S/C10H23N3/c1-3-5-9(4-2)13-10-8-11-6-7-12-10/h9-13H,3-8H2,1-2H3. The van der Waals surface area contributed by atoms with E-state index in [1.54, 1.807) is 0 Å². The van der Waals surface area contributed by atoms with Gasteiger partial charge in [0.2, 0.25) is 0 Å². The van der Waals surface area contributed by atoms with E-state index in [4.69, 9.17) is 0 Å². The molecule has 3 N–H and O–H groups in total. The van der Waals surface area contributed by atoms with Gasteiger partial charge in [0.1, 0.15) is 0 Å². The molecule has 0 aromatic heterocycles. The van der Waals surface area contributed by atoms with Gasteiger partial charge in [0, 0.05) is 25.7 Å². The van der Waals surface area contributed by atoms with Crippen LogP contribution in [0.25, 0.3) is 0 Å². The van der Waals surface area contributed by atoms with Gasteiger partial charge in [-0.25, -0.2) is 0 Å². The summed E-state index contributed by atoms with van der Waals surface area (Å²) in [5.74, 6) is 0. The molecule has 1 heterocycles. The third-order valence-corrected chi connectivity index (χ3v) is 2.61. The number of rotatable bonds is 5. The summed E-state index contributed by atoms with van der Waals surface area (Å²) < 4.78 is 0. The summed E-state index contributed by atoms with van der Waals surface area (Å²) in [6, 6.07) is 0.683. The Labute approximate surface area is 81.7 Å². The van der Waals surface area contributed by atoms with Crippen LogP contribution in [0.5, 0.6) is 0 Å². The van der Waals surface area contributed by atoms with Crippen molar-refractivity contribution in [1.29, 1.82) is 0 Å². The van der Waals surface area contributed by atoms with Crippen LogP contribution in [0.2, 0.25) is 0 Å². The fourth-order valence-corrected chi connectivity index (χ4v) is 1.81. The molecule has 0 radical (unpaired) electrons. The second kappa shape index (κ2) is 6.35. The first-order valence-electron chi connectivity index (χ1n) is 5.57. The van der Waals surface area contributed by atoms with Gasteiger partial charge < -0.3 is 5.32 Å². The monoisotopic (exact) mass is 185 g/mol. The maximum absolute atomic E-state index is 3.63. The first-order chi connectivity index (χ1) is 6.36. The van der Waals surface area contributed by atoms with Crippen LogP contribution in [0.3, 0.4) is 0 Å². The molecule has 1 saturated heterocycles. The highest BCUT2D eigenvalue weighted by atomic mass is 15.2. The quantitative estimate of drug-likeness (QED) is 0.589. The van der Waals surface area contributed by atoms with Gasteiger partial charge in [-0.3, -0.25) is 10.6 Å². The molecule has 78 valence electrons. The van der Waals surface area contributed by atoms with Crippen LogP contribution in [-0.2, 0) is 0 Å². The minimum absolute atomic E-state index is 0.477. The van der Waals surface area contributed by atoms with E-state index in [2.05, 4.69) is 29.8 Å². The fraction of sp³-hybridized carbons (Fsp3) is 1.00. The van der Waals surface area contributed by atoms with Crippen molar-refractivity contribution in [1.82, 2.24) is 16.0 Å². The van der Waals surface area contributed by atoms with Crippen LogP contribution in [0.4, 0.5) is 0 Å². The average molecular weight is 185 g/mol. The van der Waals surface area contributed by atoms with Crippen molar-refractivity contribution >= 4 is 0 Å². The highest BCUT2D eigenvalue weighted by Gasteiger charge is 2.14. The van der Waals surface area contributed by atoms with Gasteiger partial charge in [0.15, 0.2) is 0 Å². The summed E-state index contributed by atoms with van der Waals surface area (Å²) in [5.41, 5.74) is 0. The van der Waals surface area contributed by atoms with Gasteiger partial charge >= 0.3 is 0 Å². The fourth-order valence-electron chi connectivity index (χ4n) is 1.81. The van der Waals surface area contributed by atoms with Crippen molar-refractivity contribution < 1.29 is 0 Å². The first-order valence-corrected chi connectivity index (χ1v) is 5.57. The second-order valence-corrected chi connectivity index (χ2v) is 3.77. The Morgan fingerprint density at radius 3 is 2.77 bits per heavy atom. The largest absolute Gasteiger partial charge is 0.313 e. The molecule has 0 bridgehead atoms. The highest BCUT2D eigenvalue weighted by molar-refractivity contribution is 4.77. The smallest absolute Gasteiger partial charge is 0.0703 e. The maximum atomic E-state index is 3.63. The van der Waals surface area contributed by atoms with E-state index in [0.29, 0.717) is 12.2 Å². The van der Waals surface area contributed by atoms with Gasteiger partial charge in [-0.05, 0) is 12.8 Å². The van der Waals surface area contributed by atoms with E-state index in [1.807, 2.05) is 0 Å². The molecule has 1 rings (SSSR count). The summed E-state index contributed by atoms with van der Waals surface area (Å²) >= 11 is 0. The third-order valence-electron chi connectivity index (χ3n) is 2.61. The Balaban J connectivity index is 2.18. The molecule has 2 unspecified atom stereocenters. The first kappa shape index (κ1) is 11.0. The van der Waals surface area contributed by atoms with E-state index in [0.717, 1.165) is 19.6 Å². The van der Waals surface area contributed by atoms with Crippen LogP contribution >= 0.6 is 0 Å². The normalized spacial score (nSPS) is 25.8. The lowest BCUT2D eigenvalue weighted by Crippen LogP contribution is -2.57. The van der Waals surface area contributed by atoms with Crippen molar-refractivity contribution in [2.75, 3.05) is 19.6 Å². The summed E-state index contributed by atoms with van der Waals surface area (Å²) in [6.45, 7) is 7.74. The molecule has 0 saturated carbocycles. The molecule has 0 aromatic rings. The zero-order valence-electron chi connectivity index (χ0n) is 8.90. The molecule has 0 aliphatic carbocycles. The molecule has 3 heteroatoms. The highest BCUT2D eigenvalue weighted by Crippen LogP contribution is 2.01. The van der Waals surface area contributed by atoms with E-state index in [-0.39, 0.29) is 0 Å². The molecule has 2 atom stereocenters. The Morgan fingerprint density at radius 2 is 2.23 bits per heavy atom. The topological polar surface area (TPSA) is 36.1 Å². The van der Waals surface area contributed by atoms with Gasteiger partial charge in [-0.15, -0.1) is 0 Å². The van der Waals surface area contributed by atoms with E-state index in [9.17, 15) is 0 Å². The molecule has 0 spiro atoms. The van der Waals surface area contributed by atoms with Crippen LogP contribution < -0.4 is 16.0 Å². The SMILES string of the molecule is CCCC(CC)NC1CNCCN1. The van der Waals surface area contributed by atoms with E-state index in [1.165, 1.54) is 19.3 Å². The van der Waals surface area contributed by atoms with Crippen molar-refractivity contribution in [3.05, 3.63) is 0 Å². The van der Waals surface area contributed by atoms with Gasteiger partial charge in [-0.2, -0.15) is 0 Å². The second-order valence-electron chi connectivity index (χ2n) is 3.77. The third kappa shape index (κ3) is 4.07. The predicted octanol–water partition coefficient (Wildman–Crippen LogP) is 0.674. The lowest BCUT2D eigenvalue weighted by molar-refractivity contribution is 0.311. The number of nitrogens with one attached hydrogen (secondary N) is 3. The van der Waals surface area contributed by atoms with Crippen LogP contribution in [0, 0.1) is 0 Å². The Morgan fingerprint density at radius 1 is 1.38 bits per heavy atom. The molecule has 1 aliphatic heterocycles. The summed E-state index contributed by atoms with van der Waals surface area (Å²) in [5, 5.41) is 10.5. The predicted molar refractivity (Wildman–Crippen MR) is 56.8 cm³/mol. The van der Waals surface area contributed by atoms with E-state index < -0.39 is 0 Å². The van der Waals surface area contributed by atoms with Crippen molar-refractivity contribution in [3.8, 4) is 0 Å². The molecule has 1 fully saturated rings. The summed E-state index contributed by atoms with van der Waals surface area (Å²) in [7, 11) is 0. The Bertz CT molecular complexity index is 119. The van der Waals surface area contributed by atoms with Gasteiger partial charge in [0.25, 0.3) is 0 Å².